The molecule has 1 aromatic carbocycles. The maximum absolute atomic E-state index is 6.47. The highest BCUT2D eigenvalue weighted by atomic mass is 35.5. The first-order chi connectivity index (χ1) is 10.3. The molecule has 2 rings (SSSR count). The van der Waals surface area contributed by atoms with Gasteiger partial charge in [0.25, 0.3) is 0 Å². The van der Waals surface area contributed by atoms with E-state index in [-0.39, 0.29) is 0 Å². The van der Waals surface area contributed by atoms with Gasteiger partial charge in [0.15, 0.2) is 0 Å². The van der Waals surface area contributed by atoms with Crippen molar-refractivity contribution >= 4 is 11.6 Å². The van der Waals surface area contributed by atoms with Crippen LogP contribution in [0.3, 0.4) is 0 Å². The van der Waals surface area contributed by atoms with Crippen molar-refractivity contribution < 1.29 is 4.74 Å². The predicted molar refractivity (Wildman–Crippen MR) is 90.1 cm³/mol. The second-order valence-corrected chi connectivity index (χ2v) is 6.48. The highest BCUT2D eigenvalue weighted by Crippen LogP contribution is 2.37. The van der Waals surface area contributed by atoms with Gasteiger partial charge in [-0.25, -0.2) is 0 Å². The van der Waals surface area contributed by atoms with Gasteiger partial charge in [0.2, 0.25) is 0 Å². The lowest BCUT2D eigenvalue weighted by atomic mass is 9.81. The molecule has 2 nitrogen and oxygen atoms in total. The molecular weight excluding hydrogens is 282 g/mol. The Morgan fingerprint density at radius 1 is 1.19 bits per heavy atom. The van der Waals surface area contributed by atoms with E-state index in [4.69, 9.17) is 16.3 Å². The summed E-state index contributed by atoms with van der Waals surface area (Å²) < 4.78 is 5.13. The molecule has 0 spiro atoms. The van der Waals surface area contributed by atoms with Gasteiger partial charge in [0, 0.05) is 31.1 Å². The summed E-state index contributed by atoms with van der Waals surface area (Å²) in [5.41, 5.74) is 1.32. The summed E-state index contributed by atoms with van der Waals surface area (Å²) in [6, 6.07) is 8.36. The Hall–Kier alpha value is -0.570. The van der Waals surface area contributed by atoms with Crippen LogP contribution in [0.5, 0.6) is 0 Å². The molecule has 0 aliphatic heterocycles. The van der Waals surface area contributed by atoms with Crippen molar-refractivity contribution in [2.75, 3.05) is 26.8 Å². The van der Waals surface area contributed by atoms with Crippen molar-refractivity contribution in [2.45, 2.75) is 44.4 Å². The van der Waals surface area contributed by atoms with Gasteiger partial charge in [-0.1, -0.05) is 55.5 Å². The maximum atomic E-state index is 6.47. The second-order valence-electron chi connectivity index (χ2n) is 6.08. The van der Waals surface area contributed by atoms with Crippen LogP contribution in [-0.2, 0) is 4.74 Å². The Kier molecular flexibility index (Phi) is 7.56. The zero-order chi connectivity index (χ0) is 14.9. The highest BCUT2D eigenvalue weighted by Gasteiger charge is 2.25. The van der Waals surface area contributed by atoms with Crippen molar-refractivity contribution in [3.8, 4) is 0 Å². The van der Waals surface area contributed by atoms with Crippen LogP contribution in [0.25, 0.3) is 0 Å². The van der Waals surface area contributed by atoms with Crippen molar-refractivity contribution in [2.24, 2.45) is 5.92 Å². The molecule has 1 aromatic rings. The van der Waals surface area contributed by atoms with Crippen LogP contribution in [0, 0.1) is 5.92 Å². The fraction of sp³-hybridized carbons (Fsp3) is 0.667. The van der Waals surface area contributed by atoms with E-state index in [9.17, 15) is 0 Å². The Bertz CT molecular complexity index is 402. The molecule has 1 atom stereocenters. The Morgan fingerprint density at radius 2 is 1.90 bits per heavy atom. The summed E-state index contributed by atoms with van der Waals surface area (Å²) in [5.74, 6) is 1.27. The molecule has 0 bridgehead atoms. The van der Waals surface area contributed by atoms with Crippen LogP contribution < -0.4 is 5.32 Å². The normalized spacial score (nSPS) is 18.4. The number of hydrogen-bond acceptors (Lipinski definition) is 2. The standard InChI is InChI=1S/C18H28ClNO/c1-21-13-12-20-14-17(15-8-4-2-3-5-9-15)16-10-6-7-11-18(16)19/h6-7,10-11,15,17,20H,2-5,8-9,12-14H2,1H3. The topological polar surface area (TPSA) is 21.3 Å². The number of halogens is 1. The fourth-order valence-corrected chi connectivity index (χ4v) is 3.73. The van der Waals surface area contributed by atoms with E-state index >= 15 is 0 Å². The molecule has 1 aliphatic carbocycles. The maximum Gasteiger partial charge on any atom is 0.0587 e. The van der Waals surface area contributed by atoms with Gasteiger partial charge < -0.3 is 10.1 Å². The molecule has 0 saturated heterocycles. The van der Waals surface area contributed by atoms with Crippen molar-refractivity contribution in [3.05, 3.63) is 34.9 Å². The van der Waals surface area contributed by atoms with Crippen LogP contribution in [0.2, 0.25) is 5.02 Å². The Morgan fingerprint density at radius 3 is 2.57 bits per heavy atom. The lowest BCUT2D eigenvalue weighted by Gasteiger charge is -2.28. The van der Waals surface area contributed by atoms with E-state index in [0.29, 0.717) is 5.92 Å². The number of methoxy groups -OCH3 is 1. The first-order valence-electron chi connectivity index (χ1n) is 8.27. The molecule has 1 unspecified atom stereocenters. The monoisotopic (exact) mass is 309 g/mol. The molecule has 118 valence electrons. The number of benzene rings is 1. The third-order valence-corrected chi connectivity index (χ3v) is 4.96. The van der Waals surface area contributed by atoms with Crippen LogP contribution in [0.15, 0.2) is 24.3 Å². The summed E-state index contributed by atoms with van der Waals surface area (Å²) in [4.78, 5) is 0. The summed E-state index contributed by atoms with van der Waals surface area (Å²) in [6.45, 7) is 2.67. The number of nitrogens with one attached hydrogen (secondary N) is 1. The summed E-state index contributed by atoms with van der Waals surface area (Å²) in [7, 11) is 1.75. The van der Waals surface area contributed by atoms with Crippen LogP contribution >= 0.6 is 11.6 Å². The number of ether oxygens (including phenoxy) is 1. The molecule has 1 fully saturated rings. The van der Waals surface area contributed by atoms with Crippen LogP contribution in [0.1, 0.15) is 50.0 Å². The van der Waals surface area contributed by atoms with Crippen molar-refractivity contribution in [1.29, 1.82) is 0 Å². The molecule has 0 radical (unpaired) electrons. The molecule has 0 aromatic heterocycles. The second kappa shape index (κ2) is 9.45. The lowest BCUT2D eigenvalue weighted by molar-refractivity contribution is 0.197. The molecule has 1 aliphatic rings. The van der Waals surface area contributed by atoms with Gasteiger partial charge in [-0.15, -0.1) is 0 Å². The molecule has 21 heavy (non-hydrogen) atoms. The zero-order valence-electron chi connectivity index (χ0n) is 13.1. The van der Waals surface area contributed by atoms with Gasteiger partial charge in [-0.3, -0.25) is 0 Å². The third-order valence-electron chi connectivity index (χ3n) is 4.62. The van der Waals surface area contributed by atoms with E-state index in [0.717, 1.165) is 30.6 Å². The fourth-order valence-electron chi connectivity index (χ4n) is 3.45. The summed E-state index contributed by atoms with van der Waals surface area (Å²) in [6.07, 6.45) is 8.18. The van der Waals surface area contributed by atoms with Gasteiger partial charge >= 0.3 is 0 Å². The Balaban J connectivity index is 2.07. The number of rotatable bonds is 7. The average Bonchev–Trinajstić information content (AvgIpc) is 2.78. The smallest absolute Gasteiger partial charge is 0.0587 e. The summed E-state index contributed by atoms with van der Waals surface area (Å²) in [5, 5.41) is 4.46. The largest absolute Gasteiger partial charge is 0.383 e. The zero-order valence-corrected chi connectivity index (χ0v) is 13.9. The molecular formula is C18H28ClNO. The van der Waals surface area contributed by atoms with Gasteiger partial charge in [-0.2, -0.15) is 0 Å². The van der Waals surface area contributed by atoms with E-state index < -0.39 is 0 Å². The quantitative estimate of drug-likeness (QED) is 0.585. The van der Waals surface area contributed by atoms with Crippen molar-refractivity contribution in [3.63, 3.8) is 0 Å². The molecule has 0 amide bonds. The minimum Gasteiger partial charge on any atom is -0.383 e. The molecule has 3 heteroatoms. The lowest BCUT2D eigenvalue weighted by Crippen LogP contribution is -2.29. The molecule has 1 N–H and O–H groups in total. The van der Waals surface area contributed by atoms with Gasteiger partial charge in [-0.05, 0) is 30.4 Å². The van der Waals surface area contributed by atoms with Crippen molar-refractivity contribution in [1.82, 2.24) is 5.32 Å². The molecule has 1 saturated carbocycles. The van der Waals surface area contributed by atoms with E-state index in [1.54, 1.807) is 7.11 Å². The minimum absolute atomic E-state index is 0.522. The third kappa shape index (κ3) is 5.28. The predicted octanol–water partition coefficient (Wildman–Crippen LogP) is 4.63. The van der Waals surface area contributed by atoms with E-state index in [1.807, 2.05) is 12.1 Å². The SMILES string of the molecule is COCCNCC(c1ccccc1Cl)C1CCCCCC1. The number of hydrogen-bond donors (Lipinski definition) is 1. The van der Waals surface area contributed by atoms with E-state index in [2.05, 4.69) is 17.4 Å². The summed E-state index contributed by atoms with van der Waals surface area (Å²) >= 11 is 6.47. The first kappa shape index (κ1) is 16.8. The Labute approximate surface area is 134 Å². The highest BCUT2D eigenvalue weighted by molar-refractivity contribution is 6.31. The van der Waals surface area contributed by atoms with Crippen LogP contribution in [0.4, 0.5) is 0 Å². The first-order valence-corrected chi connectivity index (χ1v) is 8.65. The minimum atomic E-state index is 0.522. The van der Waals surface area contributed by atoms with E-state index in [1.165, 1.54) is 44.1 Å². The van der Waals surface area contributed by atoms with Gasteiger partial charge in [0.1, 0.15) is 0 Å². The average molecular weight is 310 g/mol. The van der Waals surface area contributed by atoms with Crippen LogP contribution in [-0.4, -0.2) is 26.8 Å². The molecule has 0 heterocycles. The van der Waals surface area contributed by atoms with Gasteiger partial charge in [0.05, 0.1) is 6.61 Å².